The van der Waals surface area contributed by atoms with Gasteiger partial charge in [-0.15, -0.1) is 0 Å². The monoisotopic (exact) mass is 510 g/mol. The van der Waals surface area contributed by atoms with Gasteiger partial charge in [0.15, 0.2) is 0 Å². The summed E-state index contributed by atoms with van der Waals surface area (Å²) in [6.07, 6.45) is -0.584. The molecule has 2 fully saturated rings. The molecule has 1 unspecified atom stereocenters. The zero-order chi connectivity index (χ0) is 26.3. The van der Waals surface area contributed by atoms with Crippen LogP contribution >= 0.6 is 0 Å². The van der Waals surface area contributed by atoms with Gasteiger partial charge in [-0.3, -0.25) is 14.7 Å². The summed E-state index contributed by atoms with van der Waals surface area (Å²) in [5.74, 6) is 1.69. The number of aliphatic hydroxyl groups excluding tert-OH is 1. The molecule has 0 aliphatic carbocycles. The zero-order valence-electron chi connectivity index (χ0n) is 22.2. The SMILES string of the molecule is CN(CC(O)COc1ccc(C#N)cc1)C1C2CN(Cc3ccccc3)CC1CN(Cc1ccccc1)C2. The number of hydrogen-bond acceptors (Lipinski definition) is 6. The molecule has 0 spiro atoms. The Hall–Kier alpha value is -3.21. The smallest absolute Gasteiger partial charge is 0.119 e. The van der Waals surface area contributed by atoms with Crippen LogP contribution in [0.25, 0.3) is 0 Å². The van der Waals surface area contributed by atoms with E-state index in [1.807, 2.05) is 0 Å². The van der Waals surface area contributed by atoms with Gasteiger partial charge >= 0.3 is 0 Å². The molecule has 0 radical (unpaired) electrons. The van der Waals surface area contributed by atoms with E-state index < -0.39 is 6.10 Å². The Morgan fingerprint density at radius 3 is 1.82 bits per heavy atom. The van der Waals surface area contributed by atoms with E-state index in [4.69, 9.17) is 10.00 Å². The van der Waals surface area contributed by atoms with Gasteiger partial charge in [0.05, 0.1) is 11.6 Å². The van der Waals surface area contributed by atoms with E-state index in [9.17, 15) is 5.11 Å². The minimum absolute atomic E-state index is 0.235. The molecular formula is C32H38N4O2. The predicted octanol–water partition coefficient (Wildman–Crippen LogP) is 3.86. The van der Waals surface area contributed by atoms with Gasteiger partial charge in [0.25, 0.3) is 0 Å². The number of piperidine rings is 2. The van der Waals surface area contributed by atoms with Crippen LogP contribution in [0.3, 0.4) is 0 Å². The van der Waals surface area contributed by atoms with Crippen molar-refractivity contribution < 1.29 is 9.84 Å². The lowest BCUT2D eigenvalue weighted by atomic mass is 9.78. The van der Waals surface area contributed by atoms with Crippen LogP contribution in [0, 0.1) is 23.2 Å². The molecule has 2 bridgehead atoms. The highest BCUT2D eigenvalue weighted by Crippen LogP contribution is 2.34. The van der Waals surface area contributed by atoms with Crippen molar-refractivity contribution in [1.29, 1.82) is 5.26 Å². The molecule has 0 aromatic heterocycles. The highest BCUT2D eigenvalue weighted by Gasteiger charge is 2.44. The van der Waals surface area contributed by atoms with Crippen LogP contribution < -0.4 is 4.74 Å². The summed E-state index contributed by atoms with van der Waals surface area (Å²) in [7, 11) is 2.16. The normalized spacial score (nSPS) is 22.6. The minimum Gasteiger partial charge on any atom is -0.491 e. The van der Waals surface area contributed by atoms with Crippen molar-refractivity contribution in [2.75, 3.05) is 46.4 Å². The van der Waals surface area contributed by atoms with Crippen molar-refractivity contribution in [3.8, 4) is 11.8 Å². The highest BCUT2D eigenvalue weighted by molar-refractivity contribution is 5.34. The quantitative estimate of drug-likeness (QED) is 0.447. The molecule has 1 N–H and O–H groups in total. The molecule has 2 saturated heterocycles. The average molecular weight is 511 g/mol. The van der Waals surface area contributed by atoms with Crippen LogP contribution in [0.2, 0.25) is 0 Å². The molecule has 6 heteroatoms. The number of hydrogen-bond donors (Lipinski definition) is 1. The van der Waals surface area contributed by atoms with Gasteiger partial charge in [0, 0.05) is 63.7 Å². The summed E-state index contributed by atoms with van der Waals surface area (Å²) < 4.78 is 5.81. The number of fused-ring (bicyclic) bond motifs is 2. The molecule has 0 amide bonds. The molecule has 2 aliphatic rings. The van der Waals surface area contributed by atoms with E-state index >= 15 is 0 Å². The van der Waals surface area contributed by atoms with Gasteiger partial charge in [-0.25, -0.2) is 0 Å². The van der Waals surface area contributed by atoms with Crippen molar-refractivity contribution in [1.82, 2.24) is 14.7 Å². The molecule has 38 heavy (non-hydrogen) atoms. The molecular weight excluding hydrogens is 472 g/mol. The fourth-order valence-corrected chi connectivity index (χ4v) is 6.39. The lowest BCUT2D eigenvalue weighted by molar-refractivity contribution is -0.0602. The van der Waals surface area contributed by atoms with Gasteiger partial charge in [-0.05, 0) is 42.4 Å². The Morgan fingerprint density at radius 1 is 0.842 bits per heavy atom. The van der Waals surface area contributed by atoms with Crippen molar-refractivity contribution in [2.24, 2.45) is 11.8 Å². The topological polar surface area (TPSA) is 63.0 Å². The van der Waals surface area contributed by atoms with Crippen LogP contribution in [0.1, 0.15) is 16.7 Å². The molecule has 2 aliphatic heterocycles. The van der Waals surface area contributed by atoms with Crippen LogP contribution in [-0.2, 0) is 13.1 Å². The summed E-state index contributed by atoms with van der Waals surface area (Å²) in [6.45, 7) is 7.03. The first-order valence-corrected chi connectivity index (χ1v) is 13.6. The molecule has 6 nitrogen and oxygen atoms in total. The highest BCUT2D eigenvalue weighted by atomic mass is 16.5. The summed E-state index contributed by atoms with van der Waals surface area (Å²) >= 11 is 0. The molecule has 3 aromatic carbocycles. The van der Waals surface area contributed by atoms with Crippen LogP contribution in [0.5, 0.6) is 5.75 Å². The second kappa shape index (κ2) is 12.6. The first-order chi connectivity index (χ1) is 18.6. The fraction of sp³-hybridized carbons (Fsp3) is 0.406. The number of rotatable bonds is 10. The van der Waals surface area contributed by atoms with E-state index in [2.05, 4.69) is 88.5 Å². The number of ether oxygens (including phenoxy) is 1. The van der Waals surface area contributed by atoms with Gasteiger partial charge in [0.2, 0.25) is 0 Å². The van der Waals surface area contributed by atoms with E-state index in [0.717, 1.165) is 39.3 Å². The molecule has 1 atom stereocenters. The molecule has 198 valence electrons. The molecule has 3 aromatic rings. The van der Waals surface area contributed by atoms with Crippen LogP contribution in [0.4, 0.5) is 0 Å². The molecule has 2 heterocycles. The zero-order valence-corrected chi connectivity index (χ0v) is 22.2. The first kappa shape index (κ1) is 26.4. The Balaban J connectivity index is 1.22. The summed E-state index contributed by atoms with van der Waals surface area (Å²) in [6, 6.07) is 31.1. The summed E-state index contributed by atoms with van der Waals surface area (Å²) in [5, 5.41) is 19.8. The summed E-state index contributed by atoms with van der Waals surface area (Å²) in [4.78, 5) is 7.63. The van der Waals surface area contributed by atoms with Crippen molar-refractivity contribution in [3.05, 3.63) is 102 Å². The number of nitrogens with zero attached hydrogens (tertiary/aromatic N) is 4. The van der Waals surface area contributed by atoms with Gasteiger partial charge in [-0.2, -0.15) is 5.26 Å². The van der Waals surface area contributed by atoms with Gasteiger partial charge < -0.3 is 9.84 Å². The largest absolute Gasteiger partial charge is 0.491 e. The maximum atomic E-state index is 10.8. The fourth-order valence-electron chi connectivity index (χ4n) is 6.39. The number of likely N-dealkylation sites (N-methyl/N-ethyl adjacent to an activating group) is 1. The maximum Gasteiger partial charge on any atom is 0.119 e. The Labute approximate surface area is 226 Å². The lowest BCUT2D eigenvalue weighted by Crippen LogP contribution is -2.64. The van der Waals surface area contributed by atoms with E-state index in [1.54, 1.807) is 24.3 Å². The lowest BCUT2D eigenvalue weighted by Gasteiger charge is -2.54. The summed E-state index contributed by atoms with van der Waals surface area (Å²) in [5.41, 5.74) is 3.34. The number of likely N-dealkylation sites (tertiary alicyclic amines) is 2. The third-order valence-electron chi connectivity index (χ3n) is 7.87. The minimum atomic E-state index is -0.584. The Kier molecular flexibility index (Phi) is 8.72. The number of aliphatic hydroxyl groups is 1. The second-order valence-electron chi connectivity index (χ2n) is 10.9. The van der Waals surface area contributed by atoms with Crippen molar-refractivity contribution in [3.63, 3.8) is 0 Å². The van der Waals surface area contributed by atoms with Crippen molar-refractivity contribution >= 4 is 0 Å². The predicted molar refractivity (Wildman–Crippen MR) is 149 cm³/mol. The number of benzene rings is 3. The average Bonchev–Trinajstić information content (AvgIpc) is 2.92. The van der Waals surface area contributed by atoms with Crippen LogP contribution in [-0.4, -0.2) is 78.3 Å². The third-order valence-corrected chi connectivity index (χ3v) is 7.87. The standard InChI is InChI=1S/C32H38N4O2/c1-34(23-30(37)24-38-31-14-12-25(16-33)13-15-31)32-28-19-35(17-26-8-4-2-5-9-26)20-29(32)22-36(21-28)18-27-10-6-3-7-11-27/h2-15,28-30,32,37H,17-24H2,1H3. The Bertz CT molecular complexity index is 1110. The van der Waals surface area contributed by atoms with E-state index in [1.165, 1.54) is 11.1 Å². The maximum absolute atomic E-state index is 10.8. The van der Waals surface area contributed by atoms with E-state index in [-0.39, 0.29) is 6.61 Å². The second-order valence-corrected chi connectivity index (χ2v) is 10.9. The molecule has 0 saturated carbocycles. The Morgan fingerprint density at radius 2 is 1.34 bits per heavy atom. The first-order valence-electron chi connectivity index (χ1n) is 13.6. The van der Waals surface area contributed by atoms with Gasteiger partial charge in [0.1, 0.15) is 18.5 Å². The van der Waals surface area contributed by atoms with Crippen LogP contribution in [0.15, 0.2) is 84.9 Å². The number of nitriles is 1. The van der Waals surface area contributed by atoms with E-state index in [0.29, 0.717) is 35.7 Å². The van der Waals surface area contributed by atoms with Crippen molar-refractivity contribution in [2.45, 2.75) is 25.2 Å². The third kappa shape index (κ3) is 6.80. The van der Waals surface area contributed by atoms with Gasteiger partial charge in [-0.1, -0.05) is 60.7 Å². The molecule has 5 rings (SSSR count).